The molecule has 1 N–H and O–H groups in total. The molecular formula is C17H26N2OS. The molecule has 1 aliphatic carbocycles. The lowest BCUT2D eigenvalue weighted by Gasteiger charge is -2.39. The van der Waals surface area contributed by atoms with Gasteiger partial charge in [-0.25, -0.2) is 0 Å². The zero-order valence-electron chi connectivity index (χ0n) is 13.2. The highest BCUT2D eigenvalue weighted by molar-refractivity contribution is 7.07. The van der Waals surface area contributed by atoms with E-state index in [0.29, 0.717) is 23.8 Å². The summed E-state index contributed by atoms with van der Waals surface area (Å²) in [5.74, 6) is 1.25. The Bertz CT molecular complexity index is 485. The highest BCUT2D eigenvalue weighted by atomic mass is 32.1. The van der Waals surface area contributed by atoms with E-state index in [-0.39, 0.29) is 12.2 Å². The van der Waals surface area contributed by atoms with Crippen LogP contribution in [0, 0.1) is 11.8 Å². The number of thiophene rings is 1. The third-order valence-corrected chi connectivity index (χ3v) is 5.79. The maximum Gasteiger partial charge on any atom is 0.241 e. The van der Waals surface area contributed by atoms with Gasteiger partial charge in [0.2, 0.25) is 5.91 Å². The number of nitrogens with zero attached hydrogens (tertiary/aromatic N) is 1. The molecule has 3 nitrogen and oxygen atoms in total. The van der Waals surface area contributed by atoms with Crippen LogP contribution in [0.1, 0.15) is 58.2 Å². The number of hydrogen-bond donors (Lipinski definition) is 1. The zero-order valence-corrected chi connectivity index (χ0v) is 14.0. The number of carbonyl (C=O) groups is 1. The molecule has 4 heteroatoms. The van der Waals surface area contributed by atoms with Crippen molar-refractivity contribution in [3.05, 3.63) is 22.4 Å². The van der Waals surface area contributed by atoms with Gasteiger partial charge >= 0.3 is 0 Å². The Kier molecular flexibility index (Phi) is 4.36. The molecule has 2 fully saturated rings. The molecule has 0 spiro atoms. The summed E-state index contributed by atoms with van der Waals surface area (Å²) in [4.78, 5) is 15.1. The minimum absolute atomic E-state index is 0.0379. The molecule has 1 aromatic heterocycles. The summed E-state index contributed by atoms with van der Waals surface area (Å²) in [6.07, 6.45) is 5.03. The van der Waals surface area contributed by atoms with Gasteiger partial charge < -0.3 is 4.90 Å². The lowest BCUT2D eigenvalue weighted by atomic mass is 9.84. The second-order valence-corrected chi connectivity index (χ2v) is 7.70. The monoisotopic (exact) mass is 306 g/mol. The topological polar surface area (TPSA) is 32.3 Å². The molecule has 0 bridgehead atoms. The molecule has 1 saturated carbocycles. The van der Waals surface area contributed by atoms with Crippen molar-refractivity contribution in [3.8, 4) is 0 Å². The van der Waals surface area contributed by atoms with Crippen molar-refractivity contribution in [1.82, 2.24) is 10.2 Å². The molecule has 116 valence electrons. The minimum Gasteiger partial charge on any atom is -0.318 e. The van der Waals surface area contributed by atoms with Gasteiger partial charge in [0.05, 0.1) is 6.04 Å². The van der Waals surface area contributed by atoms with E-state index in [1.807, 2.05) is 0 Å². The van der Waals surface area contributed by atoms with Crippen LogP contribution in [-0.2, 0) is 4.79 Å². The molecule has 21 heavy (non-hydrogen) atoms. The van der Waals surface area contributed by atoms with Crippen molar-refractivity contribution in [2.24, 2.45) is 11.8 Å². The van der Waals surface area contributed by atoms with Crippen LogP contribution < -0.4 is 5.32 Å². The van der Waals surface area contributed by atoms with Crippen molar-refractivity contribution < 1.29 is 4.79 Å². The fourth-order valence-corrected chi connectivity index (χ4v) is 4.52. The molecule has 1 amide bonds. The van der Waals surface area contributed by atoms with Crippen LogP contribution >= 0.6 is 11.3 Å². The summed E-state index contributed by atoms with van der Waals surface area (Å²) in [6, 6.07) is 2.51. The number of rotatable bonds is 3. The molecule has 2 heterocycles. The Morgan fingerprint density at radius 1 is 1.33 bits per heavy atom. The highest BCUT2D eigenvalue weighted by Gasteiger charge is 2.45. The first-order valence-electron chi connectivity index (χ1n) is 8.20. The zero-order chi connectivity index (χ0) is 15.0. The van der Waals surface area contributed by atoms with Gasteiger partial charge in [0.15, 0.2) is 0 Å². The Hall–Kier alpha value is -0.870. The van der Waals surface area contributed by atoms with Gasteiger partial charge in [-0.1, -0.05) is 33.6 Å². The van der Waals surface area contributed by atoms with E-state index in [1.54, 1.807) is 11.3 Å². The third kappa shape index (κ3) is 2.76. The molecule has 2 aliphatic rings. The van der Waals surface area contributed by atoms with Crippen molar-refractivity contribution in [2.45, 2.75) is 64.7 Å². The van der Waals surface area contributed by atoms with E-state index in [2.05, 4.69) is 47.8 Å². The molecular weight excluding hydrogens is 280 g/mol. The summed E-state index contributed by atoms with van der Waals surface area (Å²) in [5.41, 5.74) is 1.24. The van der Waals surface area contributed by atoms with E-state index < -0.39 is 0 Å². The Balaban J connectivity index is 1.91. The molecule has 4 unspecified atom stereocenters. The number of carbonyl (C=O) groups excluding carboxylic acids is 1. The average Bonchev–Trinajstić information content (AvgIpc) is 3.07. The van der Waals surface area contributed by atoms with Gasteiger partial charge in [-0.05, 0) is 47.1 Å². The summed E-state index contributed by atoms with van der Waals surface area (Å²) in [6.45, 7) is 6.58. The standard InChI is InChI=1S/C17H26N2OS/c1-11(2)15-17(20)19(14-7-5-4-6-12(14)3)16(18-15)13-8-9-21-10-13/h8-12,14-16,18H,4-7H2,1-3H3. The Morgan fingerprint density at radius 3 is 2.71 bits per heavy atom. The lowest BCUT2D eigenvalue weighted by molar-refractivity contribution is -0.134. The van der Waals surface area contributed by atoms with Gasteiger partial charge in [0, 0.05) is 6.04 Å². The summed E-state index contributed by atoms with van der Waals surface area (Å²) < 4.78 is 0. The first-order valence-corrected chi connectivity index (χ1v) is 9.14. The lowest BCUT2D eigenvalue weighted by Crippen LogP contribution is -2.45. The van der Waals surface area contributed by atoms with Gasteiger partial charge in [-0.2, -0.15) is 11.3 Å². The van der Waals surface area contributed by atoms with Crippen molar-refractivity contribution in [3.63, 3.8) is 0 Å². The Morgan fingerprint density at radius 2 is 2.10 bits per heavy atom. The predicted octanol–water partition coefficient (Wildman–Crippen LogP) is 3.78. The fraction of sp³-hybridized carbons (Fsp3) is 0.706. The Labute approximate surface area is 131 Å². The van der Waals surface area contributed by atoms with Gasteiger partial charge in [0.25, 0.3) is 0 Å². The molecule has 3 rings (SSSR count). The maximum atomic E-state index is 13.0. The highest BCUT2D eigenvalue weighted by Crippen LogP contribution is 2.37. The van der Waals surface area contributed by atoms with E-state index in [1.165, 1.54) is 24.8 Å². The SMILES string of the molecule is CC(C)C1NC(c2ccsc2)N(C2CCCCC2C)C1=O. The summed E-state index contributed by atoms with van der Waals surface area (Å²) in [7, 11) is 0. The largest absolute Gasteiger partial charge is 0.318 e. The quantitative estimate of drug-likeness (QED) is 0.921. The van der Waals surface area contributed by atoms with Crippen LogP contribution in [0.25, 0.3) is 0 Å². The van der Waals surface area contributed by atoms with Crippen LogP contribution in [0.5, 0.6) is 0 Å². The maximum absolute atomic E-state index is 13.0. The van der Waals surface area contributed by atoms with Crippen LogP contribution in [0.2, 0.25) is 0 Å². The van der Waals surface area contributed by atoms with Crippen molar-refractivity contribution in [2.75, 3.05) is 0 Å². The molecule has 4 atom stereocenters. The van der Waals surface area contributed by atoms with Crippen LogP contribution in [-0.4, -0.2) is 22.9 Å². The van der Waals surface area contributed by atoms with Gasteiger partial charge in [0.1, 0.15) is 6.17 Å². The molecule has 1 saturated heterocycles. The average molecular weight is 306 g/mol. The van der Waals surface area contributed by atoms with E-state index in [9.17, 15) is 4.79 Å². The smallest absolute Gasteiger partial charge is 0.241 e. The van der Waals surface area contributed by atoms with Crippen molar-refractivity contribution >= 4 is 17.2 Å². The molecule has 1 aromatic rings. The number of hydrogen-bond acceptors (Lipinski definition) is 3. The van der Waals surface area contributed by atoms with Crippen LogP contribution in [0.3, 0.4) is 0 Å². The van der Waals surface area contributed by atoms with Crippen molar-refractivity contribution in [1.29, 1.82) is 0 Å². The first-order chi connectivity index (χ1) is 10.1. The van der Waals surface area contributed by atoms with E-state index >= 15 is 0 Å². The third-order valence-electron chi connectivity index (χ3n) is 5.09. The second-order valence-electron chi connectivity index (χ2n) is 6.92. The predicted molar refractivity (Wildman–Crippen MR) is 87.1 cm³/mol. The number of nitrogens with one attached hydrogen (secondary N) is 1. The molecule has 1 aliphatic heterocycles. The van der Waals surface area contributed by atoms with Crippen LogP contribution in [0.4, 0.5) is 0 Å². The van der Waals surface area contributed by atoms with Crippen LogP contribution in [0.15, 0.2) is 16.8 Å². The van der Waals surface area contributed by atoms with E-state index in [4.69, 9.17) is 0 Å². The fourth-order valence-electron chi connectivity index (χ4n) is 3.84. The normalized spacial score (nSPS) is 33.9. The minimum atomic E-state index is -0.0379. The summed E-state index contributed by atoms with van der Waals surface area (Å²) in [5, 5.41) is 7.87. The summed E-state index contributed by atoms with van der Waals surface area (Å²) >= 11 is 1.71. The molecule has 0 aromatic carbocycles. The number of amides is 1. The van der Waals surface area contributed by atoms with E-state index in [0.717, 1.165) is 6.42 Å². The first kappa shape index (κ1) is 15.0. The molecule has 0 radical (unpaired) electrons. The van der Waals surface area contributed by atoms with Gasteiger partial charge in [-0.15, -0.1) is 0 Å². The van der Waals surface area contributed by atoms with Gasteiger partial charge in [-0.3, -0.25) is 10.1 Å². The second kappa shape index (κ2) is 6.09.